The van der Waals surface area contributed by atoms with Crippen LogP contribution in [0.5, 0.6) is 0 Å². The highest BCUT2D eigenvalue weighted by molar-refractivity contribution is 5.68. The van der Waals surface area contributed by atoms with E-state index in [0.29, 0.717) is 38.8 Å². The van der Waals surface area contributed by atoms with Gasteiger partial charge in [-0.2, -0.15) is 0 Å². The molecule has 0 spiro atoms. The number of carbonyl (C=O) groups excluding carboxylic acids is 1. The van der Waals surface area contributed by atoms with E-state index in [1.165, 1.54) is 0 Å². The molecule has 12 heteroatoms. The topological polar surface area (TPSA) is 204 Å². The number of rotatable bonds is 4. The SMILES string of the molecule is CC([NH+]=O)C1(O)CCN(C(=O)OC(C)(C)C)CC1.CC([NH+]=O)C1(O)CCNCC1.[OH-].[OH-]. The molecule has 0 aliphatic carbocycles. The van der Waals surface area contributed by atoms with Crippen molar-refractivity contribution in [2.45, 2.75) is 89.2 Å². The van der Waals surface area contributed by atoms with Crippen molar-refractivity contribution in [1.29, 1.82) is 0 Å². The quantitative estimate of drug-likeness (QED) is 0.318. The Balaban J connectivity index is 0. The van der Waals surface area contributed by atoms with Crippen LogP contribution in [0.3, 0.4) is 0 Å². The number of aliphatic hydroxyl groups is 2. The molecule has 0 saturated carbocycles. The average molecular weight is 453 g/mol. The minimum absolute atomic E-state index is 0. The lowest BCUT2D eigenvalue weighted by Gasteiger charge is -2.37. The van der Waals surface area contributed by atoms with Crippen molar-refractivity contribution in [3.8, 4) is 0 Å². The summed E-state index contributed by atoms with van der Waals surface area (Å²) >= 11 is 0. The molecular weight excluding hydrogens is 412 g/mol. The van der Waals surface area contributed by atoms with Crippen molar-refractivity contribution in [2.24, 2.45) is 0 Å². The molecule has 0 bridgehead atoms. The zero-order valence-corrected chi connectivity index (χ0v) is 19.2. The van der Waals surface area contributed by atoms with Gasteiger partial charge >= 0.3 is 6.09 Å². The number of hydrogen-bond donors (Lipinski definition) is 5. The van der Waals surface area contributed by atoms with Crippen LogP contribution in [0.4, 0.5) is 4.79 Å². The number of amides is 1. The van der Waals surface area contributed by atoms with Gasteiger partial charge in [0, 0.05) is 49.6 Å². The largest absolute Gasteiger partial charge is 0.870 e. The molecule has 184 valence electrons. The van der Waals surface area contributed by atoms with Crippen LogP contribution in [0.25, 0.3) is 0 Å². The molecule has 2 aliphatic rings. The molecule has 0 aromatic heterocycles. The number of hydrogen-bond acceptors (Lipinski definition) is 9. The molecule has 2 fully saturated rings. The van der Waals surface area contributed by atoms with Gasteiger partial charge in [0.1, 0.15) is 16.8 Å². The highest BCUT2D eigenvalue weighted by atomic mass is 16.6. The minimum atomic E-state index is -1.04. The number of nitroso groups, excluding NO2 is 2. The normalized spacial score (nSPS) is 21.6. The Bertz CT molecular complexity index is 556. The van der Waals surface area contributed by atoms with Crippen LogP contribution in [0, 0.1) is 9.81 Å². The maximum Gasteiger partial charge on any atom is 0.410 e. The Morgan fingerprint density at radius 1 is 0.935 bits per heavy atom. The van der Waals surface area contributed by atoms with Crippen LogP contribution >= 0.6 is 0 Å². The first kappa shape index (κ1) is 31.5. The lowest BCUT2D eigenvalue weighted by molar-refractivity contribution is -0.546. The van der Waals surface area contributed by atoms with Crippen LogP contribution in [-0.2, 0) is 4.74 Å². The molecule has 0 aromatic rings. The van der Waals surface area contributed by atoms with Gasteiger partial charge in [0.25, 0.3) is 0 Å². The molecule has 2 aliphatic heterocycles. The third-order valence-electron chi connectivity index (χ3n) is 5.72. The highest BCUT2D eigenvalue weighted by Crippen LogP contribution is 2.25. The maximum atomic E-state index is 11.8. The third-order valence-corrected chi connectivity index (χ3v) is 5.72. The maximum absolute atomic E-state index is 11.8. The van der Waals surface area contributed by atoms with Gasteiger partial charge in [-0.15, -0.1) is 0 Å². The number of ether oxygens (including phenoxy) is 1. The van der Waals surface area contributed by atoms with Gasteiger partial charge in [-0.25, -0.2) is 4.79 Å². The van der Waals surface area contributed by atoms with Gasteiger partial charge in [0.2, 0.25) is 12.1 Å². The standard InChI is InChI=1S/C12H22N2O4.C7H14N2O2.2H2O/c1-9(13-17)12(16)5-7-14(8-6-12)10(15)18-11(2,3)4;1-6(9-11)7(10)2-4-8-5-3-7;;/h9,16H,5-8H2,1-4H3;6,8,10H,2-5H2,1H3;2*1H2. The van der Waals surface area contributed by atoms with Crippen molar-refractivity contribution in [1.82, 2.24) is 10.2 Å². The fourth-order valence-corrected chi connectivity index (χ4v) is 3.35. The smallest absolute Gasteiger partial charge is 0.410 e. The molecule has 2 saturated heterocycles. The molecule has 2 rings (SSSR count). The monoisotopic (exact) mass is 452 g/mol. The fraction of sp³-hybridized carbons (Fsp3) is 0.947. The molecular formula is C19H40N4O8. The highest BCUT2D eigenvalue weighted by Gasteiger charge is 2.43. The summed E-state index contributed by atoms with van der Waals surface area (Å²) < 4.78 is 5.26. The molecule has 31 heavy (non-hydrogen) atoms. The number of nitrogens with one attached hydrogen (secondary N) is 3. The summed E-state index contributed by atoms with van der Waals surface area (Å²) in [6.07, 6.45) is 1.70. The van der Waals surface area contributed by atoms with Crippen molar-refractivity contribution in [3.63, 3.8) is 0 Å². The summed E-state index contributed by atoms with van der Waals surface area (Å²) in [4.78, 5) is 34.3. The van der Waals surface area contributed by atoms with Gasteiger partial charge in [-0.3, -0.25) is 0 Å². The first-order valence-electron chi connectivity index (χ1n) is 10.3. The minimum Gasteiger partial charge on any atom is -0.870 e. The molecule has 1 amide bonds. The van der Waals surface area contributed by atoms with E-state index in [0.717, 1.165) is 13.1 Å². The van der Waals surface area contributed by atoms with E-state index in [9.17, 15) is 24.8 Å². The van der Waals surface area contributed by atoms with Gasteiger partial charge in [0.05, 0.1) is 0 Å². The predicted molar refractivity (Wildman–Crippen MR) is 110 cm³/mol. The predicted octanol–water partition coefficient (Wildman–Crippen LogP) is -2.03. The summed E-state index contributed by atoms with van der Waals surface area (Å²) in [7, 11) is 0. The van der Waals surface area contributed by atoms with E-state index < -0.39 is 22.8 Å². The van der Waals surface area contributed by atoms with Gasteiger partial charge in [-0.05, 0) is 57.1 Å². The zero-order valence-electron chi connectivity index (χ0n) is 19.2. The molecule has 12 nitrogen and oxygen atoms in total. The van der Waals surface area contributed by atoms with Gasteiger partial charge in [-0.1, -0.05) is 0 Å². The second-order valence-electron chi connectivity index (χ2n) is 9.10. The average Bonchev–Trinajstić information content (AvgIpc) is 2.66. The van der Waals surface area contributed by atoms with E-state index in [1.54, 1.807) is 18.7 Å². The number of nitrogens with zero attached hydrogens (tertiary/aromatic N) is 1. The van der Waals surface area contributed by atoms with Crippen LogP contribution in [0.1, 0.15) is 60.3 Å². The van der Waals surface area contributed by atoms with E-state index in [1.807, 2.05) is 31.1 Å². The Hall–Kier alpha value is -1.73. The molecule has 2 heterocycles. The number of carbonyl (C=O) groups is 1. The lowest BCUT2D eigenvalue weighted by atomic mass is 9.86. The van der Waals surface area contributed by atoms with Crippen molar-refractivity contribution in [2.75, 3.05) is 26.2 Å². The number of likely N-dealkylation sites (tertiary alicyclic amines) is 1. The molecule has 2 atom stereocenters. The van der Waals surface area contributed by atoms with E-state index in [4.69, 9.17) is 4.74 Å². The molecule has 0 aromatic carbocycles. The van der Waals surface area contributed by atoms with Crippen molar-refractivity contribution < 1.29 is 41.1 Å². The third kappa shape index (κ3) is 9.52. The van der Waals surface area contributed by atoms with Gasteiger partial charge < -0.3 is 36.1 Å². The van der Waals surface area contributed by atoms with Gasteiger partial charge in [0.15, 0.2) is 0 Å². The van der Waals surface area contributed by atoms with Crippen molar-refractivity contribution >= 4 is 6.09 Å². The summed E-state index contributed by atoms with van der Waals surface area (Å²) in [5.41, 5.74) is -2.36. The second-order valence-corrected chi connectivity index (χ2v) is 9.10. The van der Waals surface area contributed by atoms with E-state index in [-0.39, 0.29) is 23.1 Å². The van der Waals surface area contributed by atoms with Crippen LogP contribution < -0.4 is 15.7 Å². The van der Waals surface area contributed by atoms with Crippen molar-refractivity contribution in [3.05, 3.63) is 9.81 Å². The summed E-state index contributed by atoms with van der Waals surface area (Å²) in [6, 6.07) is -0.886. The van der Waals surface area contributed by atoms with E-state index in [2.05, 4.69) is 5.32 Å². The summed E-state index contributed by atoms with van der Waals surface area (Å²) in [6.45, 7) is 11.2. The lowest BCUT2D eigenvalue weighted by Crippen LogP contribution is -2.79. The second kappa shape index (κ2) is 13.0. The zero-order chi connectivity index (χ0) is 22.3. The number of piperidine rings is 2. The molecule has 7 N–H and O–H groups in total. The van der Waals surface area contributed by atoms with E-state index >= 15 is 0 Å². The molecule has 2 unspecified atom stereocenters. The summed E-state index contributed by atoms with van der Waals surface area (Å²) in [5.74, 6) is 0. The Kier molecular flexibility index (Phi) is 13.2. The first-order valence-corrected chi connectivity index (χ1v) is 10.3. The Morgan fingerprint density at radius 2 is 1.32 bits per heavy atom. The van der Waals surface area contributed by atoms with Crippen LogP contribution in [0.2, 0.25) is 0 Å². The Morgan fingerprint density at radius 3 is 1.68 bits per heavy atom. The molecule has 0 radical (unpaired) electrons. The first-order chi connectivity index (χ1) is 13.4. The Labute approximate surface area is 183 Å². The summed E-state index contributed by atoms with van der Waals surface area (Å²) in [5, 5.41) is 26.9. The van der Waals surface area contributed by atoms with Crippen LogP contribution in [-0.4, -0.2) is 87.2 Å². The van der Waals surface area contributed by atoms with Crippen LogP contribution in [0.15, 0.2) is 0 Å². The fourth-order valence-electron chi connectivity index (χ4n) is 3.35.